The van der Waals surface area contributed by atoms with Crippen molar-refractivity contribution < 1.29 is 45.5 Å². The summed E-state index contributed by atoms with van der Waals surface area (Å²) >= 11 is 0. The van der Waals surface area contributed by atoms with Crippen molar-refractivity contribution in [1.29, 1.82) is 0 Å². The second-order valence-electron chi connectivity index (χ2n) is 21.3. The van der Waals surface area contributed by atoms with Crippen molar-refractivity contribution in [2.45, 2.75) is 87.5 Å². The third-order valence-corrected chi connectivity index (χ3v) is 17.5. The standard InChI is InChI=1S/C56H61F2N9O9S/c1-35(2)41-6-4-5-7-42(41)47-32-64(31-36-8-10-39(73-3)11-9-36)20-21-66(47)38-28-55(29-38)13-18-65(19-14-55)45-26-48(76-40-24-37-12-17-59-53(37)60-30-40)43(25-44(45)57)54(68)63-77(71,72)49-27-46(67(69)70)50(52-51(49)62-34-75-52)61-33-56(58)15-22-74-23-16-56/h4-12,17,24-27,30,34-35,38,47,61H,13-16,18-23,28-29,31-33H2,1-3H3,(H,59,60)(H,63,68)/t47-/m0/s1. The van der Waals surface area contributed by atoms with E-state index in [1.165, 1.54) is 29.0 Å². The maximum Gasteiger partial charge on any atom is 0.297 e. The van der Waals surface area contributed by atoms with E-state index in [0.717, 1.165) is 76.1 Å². The van der Waals surface area contributed by atoms with Crippen LogP contribution in [0.3, 0.4) is 0 Å². The lowest BCUT2D eigenvalue weighted by atomic mass is 9.59. The van der Waals surface area contributed by atoms with Crippen molar-refractivity contribution in [2.24, 2.45) is 5.41 Å². The molecule has 3 N–H and O–H groups in total. The van der Waals surface area contributed by atoms with Gasteiger partial charge in [-0.1, -0.05) is 50.2 Å². The van der Waals surface area contributed by atoms with Gasteiger partial charge in [-0.15, -0.1) is 0 Å². The van der Waals surface area contributed by atoms with Crippen LogP contribution in [-0.4, -0.2) is 115 Å². The van der Waals surface area contributed by atoms with Gasteiger partial charge in [0.15, 0.2) is 17.7 Å². The van der Waals surface area contributed by atoms with Gasteiger partial charge in [0.25, 0.3) is 21.6 Å². The Kier molecular flexibility index (Phi) is 14.1. The van der Waals surface area contributed by atoms with Crippen LogP contribution in [0.1, 0.15) is 91.4 Å². The van der Waals surface area contributed by atoms with E-state index >= 15 is 8.78 Å². The minimum absolute atomic E-state index is 0.0394. The molecule has 1 aliphatic carbocycles. The van der Waals surface area contributed by atoms with Crippen molar-refractivity contribution in [3.8, 4) is 17.2 Å². The van der Waals surface area contributed by atoms with E-state index in [4.69, 9.17) is 18.6 Å². The predicted molar refractivity (Wildman–Crippen MR) is 285 cm³/mol. The van der Waals surface area contributed by atoms with Crippen molar-refractivity contribution in [2.75, 3.05) is 69.8 Å². The number of alkyl halides is 1. The summed E-state index contributed by atoms with van der Waals surface area (Å²) in [5.74, 6) is -0.808. The molecule has 0 radical (unpaired) electrons. The van der Waals surface area contributed by atoms with E-state index in [9.17, 15) is 23.3 Å². The van der Waals surface area contributed by atoms with Crippen molar-refractivity contribution in [1.82, 2.24) is 29.5 Å². The molecule has 7 aromatic rings. The van der Waals surface area contributed by atoms with Crippen LogP contribution in [0.15, 0.2) is 107 Å². The van der Waals surface area contributed by atoms with Gasteiger partial charge in [0.05, 0.1) is 29.5 Å². The molecule has 21 heteroatoms. The number of rotatable bonds is 16. The lowest BCUT2D eigenvalue weighted by Gasteiger charge is -2.58. The maximum absolute atomic E-state index is 16.7. The molecule has 77 heavy (non-hydrogen) atoms. The average Bonchev–Trinajstić information content (AvgIpc) is 4.19. The number of nitro groups is 1. The van der Waals surface area contributed by atoms with E-state index in [1.807, 2.05) is 21.8 Å². The molecular weight excluding hydrogens is 1010 g/mol. The third-order valence-electron chi connectivity index (χ3n) is 16.2. The Morgan fingerprint density at radius 2 is 1.74 bits per heavy atom. The first-order valence-corrected chi connectivity index (χ1v) is 27.6. The minimum Gasteiger partial charge on any atom is -0.497 e. The molecule has 1 amide bonds. The van der Waals surface area contributed by atoms with E-state index < -0.39 is 48.5 Å². The number of aromatic amines is 1. The second kappa shape index (κ2) is 21.0. The molecule has 4 aromatic carbocycles. The fraction of sp³-hybridized carbons (Fsp3) is 0.411. The minimum atomic E-state index is -5.00. The highest BCUT2D eigenvalue weighted by molar-refractivity contribution is 7.90. The number of nitrogens with one attached hydrogen (secondary N) is 3. The number of sulfonamides is 1. The Bertz CT molecular complexity index is 3440. The van der Waals surface area contributed by atoms with Crippen LogP contribution >= 0.6 is 0 Å². The lowest BCUT2D eigenvalue weighted by molar-refractivity contribution is -0.384. The summed E-state index contributed by atoms with van der Waals surface area (Å²) in [5.41, 5.74) is 0.844. The zero-order valence-electron chi connectivity index (χ0n) is 43.1. The molecule has 0 bridgehead atoms. The third kappa shape index (κ3) is 10.5. The zero-order chi connectivity index (χ0) is 53.6. The number of pyridine rings is 1. The topological polar surface area (TPSA) is 211 Å². The Morgan fingerprint density at radius 3 is 2.48 bits per heavy atom. The zero-order valence-corrected chi connectivity index (χ0v) is 43.9. The molecule has 1 atom stereocenters. The number of ether oxygens (including phenoxy) is 3. The van der Waals surface area contributed by atoms with Crippen molar-refractivity contribution in [3.05, 3.63) is 136 Å². The number of methoxy groups -OCH3 is 1. The van der Waals surface area contributed by atoms with Crippen LogP contribution in [0.5, 0.6) is 17.2 Å². The van der Waals surface area contributed by atoms with Gasteiger partial charge >= 0.3 is 0 Å². The summed E-state index contributed by atoms with van der Waals surface area (Å²) in [5, 5.41) is 15.9. The number of oxazole rings is 1. The summed E-state index contributed by atoms with van der Waals surface area (Å²) in [6.45, 7) is 9.19. The van der Waals surface area contributed by atoms with Gasteiger partial charge < -0.3 is 33.8 Å². The van der Waals surface area contributed by atoms with E-state index in [-0.39, 0.29) is 78.0 Å². The SMILES string of the molecule is COc1ccc(CN2CCN(C3CC4(CCN(c5cc(Oc6cnc7[nH]ccc7c6)c(C(=O)NS(=O)(=O)c6cc([N+](=O)[O-])c(NCC7(F)CCOCC7)c7ocnc67)cc5F)CC4)C3)[C@H](c3ccccc3C(C)C)C2)cc1. The maximum atomic E-state index is 16.7. The fourth-order valence-electron chi connectivity index (χ4n) is 11.9. The number of H-pyrrole nitrogens is 1. The molecule has 0 unspecified atom stereocenters. The molecular formula is C56H61F2N9O9S. The van der Waals surface area contributed by atoms with Crippen LogP contribution in [0.25, 0.3) is 22.1 Å². The summed E-state index contributed by atoms with van der Waals surface area (Å²) < 4.78 is 85.1. The number of benzene rings is 4. The number of amides is 1. The quantitative estimate of drug-likeness (QED) is 0.0607. The molecule has 6 heterocycles. The molecule has 4 fully saturated rings. The van der Waals surface area contributed by atoms with Gasteiger partial charge in [-0.25, -0.2) is 31.9 Å². The molecule has 3 saturated heterocycles. The molecule has 3 aliphatic heterocycles. The number of aromatic nitrogens is 3. The number of halogens is 2. The first-order chi connectivity index (χ1) is 37.1. The van der Waals surface area contributed by atoms with Crippen LogP contribution in [0, 0.1) is 21.3 Å². The first-order valence-electron chi connectivity index (χ1n) is 26.1. The summed E-state index contributed by atoms with van der Waals surface area (Å²) in [6.07, 6.45) is 7.78. The predicted octanol–water partition coefficient (Wildman–Crippen LogP) is 10.0. The number of piperazine rings is 1. The molecule has 404 valence electrons. The number of nitrogens with zero attached hydrogens (tertiary/aromatic N) is 6. The summed E-state index contributed by atoms with van der Waals surface area (Å²) in [7, 11) is -3.32. The number of nitro benzene ring substituents is 1. The van der Waals surface area contributed by atoms with Gasteiger partial charge in [0.2, 0.25) is 0 Å². The molecule has 11 rings (SSSR count). The van der Waals surface area contributed by atoms with Gasteiger partial charge in [-0.2, -0.15) is 0 Å². The van der Waals surface area contributed by atoms with Crippen LogP contribution in [-0.2, 0) is 21.3 Å². The fourth-order valence-corrected chi connectivity index (χ4v) is 13.0. The number of anilines is 2. The van der Waals surface area contributed by atoms with Crippen LogP contribution in [0.4, 0.5) is 25.8 Å². The molecule has 18 nitrogen and oxygen atoms in total. The van der Waals surface area contributed by atoms with E-state index in [1.54, 1.807) is 25.4 Å². The monoisotopic (exact) mass is 1070 g/mol. The lowest BCUT2D eigenvalue weighted by Crippen LogP contribution is -2.60. The Morgan fingerprint density at radius 1 is 0.974 bits per heavy atom. The number of carbonyl (C=O) groups is 1. The first kappa shape index (κ1) is 51.9. The highest BCUT2D eigenvalue weighted by atomic mass is 32.2. The van der Waals surface area contributed by atoms with Gasteiger partial charge in [0, 0.05) is 108 Å². The highest BCUT2D eigenvalue weighted by Gasteiger charge is 2.50. The largest absolute Gasteiger partial charge is 0.497 e. The normalized spacial score (nSPS) is 19.1. The van der Waals surface area contributed by atoms with E-state index in [2.05, 4.69) is 80.3 Å². The van der Waals surface area contributed by atoms with Crippen LogP contribution < -0.4 is 24.4 Å². The molecule has 1 saturated carbocycles. The van der Waals surface area contributed by atoms with Gasteiger partial charge in [0.1, 0.15) is 44.8 Å². The Hall–Kier alpha value is -7.20. The van der Waals surface area contributed by atoms with Crippen molar-refractivity contribution >= 4 is 55.1 Å². The highest BCUT2D eigenvalue weighted by Crippen LogP contribution is 2.54. The van der Waals surface area contributed by atoms with E-state index in [0.29, 0.717) is 36.1 Å². The van der Waals surface area contributed by atoms with Crippen molar-refractivity contribution in [3.63, 3.8) is 0 Å². The van der Waals surface area contributed by atoms with Crippen LogP contribution in [0.2, 0.25) is 0 Å². The Labute approximate surface area is 444 Å². The number of piperidine rings is 1. The molecule has 4 aliphatic rings. The number of fused-ring (bicyclic) bond motifs is 2. The van der Waals surface area contributed by atoms with Gasteiger partial charge in [-0.3, -0.25) is 24.7 Å². The number of hydrogen-bond acceptors (Lipinski definition) is 15. The number of carbonyl (C=O) groups excluding carboxylic acids is 1. The Balaban J connectivity index is 0.823. The molecule has 3 aromatic heterocycles. The number of hydrogen-bond donors (Lipinski definition) is 3. The smallest absolute Gasteiger partial charge is 0.297 e. The summed E-state index contributed by atoms with van der Waals surface area (Å²) in [4.78, 5) is 43.8. The summed E-state index contributed by atoms with van der Waals surface area (Å²) in [6, 6.07) is 24.3. The second-order valence-corrected chi connectivity index (χ2v) is 22.9. The molecule has 1 spiro atoms. The average molecular weight is 1070 g/mol. The van der Waals surface area contributed by atoms with Gasteiger partial charge in [-0.05, 0) is 84.0 Å².